The molecule has 12 heteroatoms. The van der Waals surface area contributed by atoms with Crippen molar-refractivity contribution in [3.05, 3.63) is 0 Å². The third-order valence-corrected chi connectivity index (χ3v) is 7.72. The van der Waals surface area contributed by atoms with E-state index in [2.05, 4.69) is 13.8 Å². The fourth-order valence-electron chi connectivity index (χ4n) is 5.03. The van der Waals surface area contributed by atoms with Crippen LogP contribution in [0.1, 0.15) is 91.9 Å². The molecule has 41 heavy (non-hydrogen) atoms. The zero-order valence-electron chi connectivity index (χ0n) is 25.0. The lowest BCUT2D eigenvalue weighted by atomic mass is 9.98. The molecule has 10 atom stereocenters. The van der Waals surface area contributed by atoms with Crippen molar-refractivity contribution in [3.63, 3.8) is 0 Å². The highest BCUT2D eigenvalue weighted by Gasteiger charge is 2.49. The average molecular weight is 595 g/mol. The van der Waals surface area contributed by atoms with E-state index >= 15 is 0 Å². The molecule has 12 nitrogen and oxygen atoms in total. The van der Waals surface area contributed by atoms with Crippen molar-refractivity contribution in [1.82, 2.24) is 0 Å². The van der Waals surface area contributed by atoms with E-state index in [0.717, 1.165) is 64.2 Å². The Hall–Kier alpha value is -0.930. The van der Waals surface area contributed by atoms with Crippen LogP contribution in [-0.4, -0.2) is 117 Å². The molecule has 0 bridgehead atoms. The Morgan fingerprint density at radius 2 is 1.29 bits per heavy atom. The van der Waals surface area contributed by atoms with Crippen molar-refractivity contribution in [2.75, 3.05) is 13.2 Å². The third kappa shape index (κ3) is 10.9. The smallest absolute Gasteiger partial charge is 0.308 e. The highest BCUT2D eigenvalue weighted by Crippen LogP contribution is 2.29. The summed E-state index contributed by atoms with van der Waals surface area (Å²) in [5.41, 5.74) is 0. The van der Waals surface area contributed by atoms with Gasteiger partial charge in [-0.1, -0.05) is 79.1 Å². The van der Waals surface area contributed by atoms with Crippen molar-refractivity contribution in [1.29, 1.82) is 0 Å². The normalized spacial score (nSPS) is 34.3. The van der Waals surface area contributed by atoms with Crippen LogP contribution in [0.25, 0.3) is 0 Å². The van der Waals surface area contributed by atoms with E-state index in [1.54, 1.807) is 13.8 Å². The van der Waals surface area contributed by atoms with Crippen LogP contribution in [0.15, 0.2) is 0 Å². The first-order chi connectivity index (χ1) is 19.5. The van der Waals surface area contributed by atoms with Crippen LogP contribution < -0.4 is 0 Å². The van der Waals surface area contributed by atoms with Crippen LogP contribution in [0.3, 0.4) is 0 Å². The van der Waals surface area contributed by atoms with Gasteiger partial charge in [-0.2, -0.15) is 0 Å². The van der Waals surface area contributed by atoms with Crippen molar-refractivity contribution in [2.45, 2.75) is 159 Å². The molecule has 0 aliphatic carbocycles. The van der Waals surface area contributed by atoms with Gasteiger partial charge in [-0.05, 0) is 12.8 Å². The Bertz CT molecular complexity index is 710. The van der Waals surface area contributed by atoms with Crippen molar-refractivity contribution in [2.24, 2.45) is 5.92 Å². The van der Waals surface area contributed by atoms with Gasteiger partial charge in [-0.25, -0.2) is 0 Å². The van der Waals surface area contributed by atoms with Crippen LogP contribution in [0, 0.1) is 5.92 Å². The number of aliphatic hydroxyl groups is 6. The van der Waals surface area contributed by atoms with E-state index in [1.165, 1.54) is 0 Å². The number of esters is 1. The molecule has 2 rings (SSSR count). The minimum atomic E-state index is -1.65. The molecule has 0 radical (unpaired) electrons. The molecule has 2 heterocycles. The number of unbranched alkanes of at least 4 members (excludes halogenated alkanes) is 6. The Balaban J connectivity index is 2.02. The quantitative estimate of drug-likeness (QED) is 0.0984. The number of ether oxygens (including phenoxy) is 5. The molecule has 2 aliphatic heterocycles. The monoisotopic (exact) mass is 594 g/mol. The molecule has 0 spiro atoms. The van der Waals surface area contributed by atoms with Crippen molar-refractivity contribution in [3.8, 4) is 0 Å². The second-order valence-electron chi connectivity index (χ2n) is 11.6. The highest BCUT2D eigenvalue weighted by molar-refractivity contribution is 5.71. The molecule has 0 amide bonds. The van der Waals surface area contributed by atoms with E-state index in [4.69, 9.17) is 23.7 Å². The molecule has 6 N–H and O–H groups in total. The first kappa shape index (κ1) is 36.3. The van der Waals surface area contributed by atoms with Gasteiger partial charge in [-0.15, -0.1) is 0 Å². The maximum atomic E-state index is 12.0. The van der Waals surface area contributed by atoms with Crippen LogP contribution in [0.5, 0.6) is 0 Å². The third-order valence-electron chi connectivity index (χ3n) is 7.72. The molecule has 242 valence electrons. The summed E-state index contributed by atoms with van der Waals surface area (Å²) < 4.78 is 28.4. The van der Waals surface area contributed by atoms with Crippen LogP contribution in [0.2, 0.25) is 0 Å². The first-order valence-electron chi connectivity index (χ1n) is 15.3. The zero-order valence-corrected chi connectivity index (χ0v) is 25.0. The van der Waals surface area contributed by atoms with Gasteiger partial charge in [0, 0.05) is 0 Å². The maximum Gasteiger partial charge on any atom is 0.308 e. The Kier molecular flexibility index (Phi) is 16.5. The molecular weight excluding hydrogens is 540 g/mol. The van der Waals surface area contributed by atoms with Gasteiger partial charge in [0.2, 0.25) is 0 Å². The number of aliphatic hydroxyl groups excluding tert-OH is 6. The predicted octanol–water partition coefficient (Wildman–Crippen LogP) is 1.14. The maximum absolute atomic E-state index is 12.0. The molecule has 0 saturated carbocycles. The molecule has 2 saturated heterocycles. The number of rotatable bonds is 18. The molecular formula is C29H54O12. The lowest BCUT2D eigenvalue weighted by molar-refractivity contribution is -0.336. The van der Waals surface area contributed by atoms with E-state index in [0.29, 0.717) is 0 Å². The Morgan fingerprint density at radius 1 is 0.732 bits per heavy atom. The molecule has 0 unspecified atom stereocenters. The average Bonchev–Trinajstić information content (AvgIpc) is 2.95. The van der Waals surface area contributed by atoms with E-state index in [9.17, 15) is 35.4 Å². The highest BCUT2D eigenvalue weighted by atomic mass is 16.7. The number of hydrogen-bond acceptors (Lipinski definition) is 12. The number of hydrogen-bond donors (Lipinski definition) is 6. The van der Waals surface area contributed by atoms with Gasteiger partial charge in [0.15, 0.2) is 18.7 Å². The first-order valence-corrected chi connectivity index (χ1v) is 15.3. The lowest BCUT2D eigenvalue weighted by Crippen LogP contribution is -2.62. The van der Waals surface area contributed by atoms with Gasteiger partial charge in [-0.3, -0.25) is 4.79 Å². The summed E-state index contributed by atoms with van der Waals surface area (Å²) >= 11 is 0. The van der Waals surface area contributed by atoms with Gasteiger partial charge >= 0.3 is 5.97 Å². The Labute approximate surface area is 243 Å². The topological polar surface area (TPSA) is 185 Å². The van der Waals surface area contributed by atoms with E-state index < -0.39 is 86.5 Å². The summed E-state index contributed by atoms with van der Waals surface area (Å²) in [6.07, 6.45) is -4.28. The largest absolute Gasteiger partial charge is 0.456 e. The molecule has 0 aromatic heterocycles. The minimum absolute atomic E-state index is 0.193. The minimum Gasteiger partial charge on any atom is -0.456 e. The summed E-state index contributed by atoms with van der Waals surface area (Å²) in [7, 11) is 0. The molecule has 0 aromatic carbocycles. The number of carbonyl (C=O) groups is 1. The molecule has 0 aromatic rings. The van der Waals surface area contributed by atoms with Gasteiger partial charge in [0.25, 0.3) is 0 Å². The van der Waals surface area contributed by atoms with Gasteiger partial charge in [0.05, 0.1) is 25.2 Å². The zero-order chi connectivity index (χ0) is 30.5. The van der Waals surface area contributed by atoms with E-state index in [-0.39, 0.29) is 6.10 Å². The van der Waals surface area contributed by atoms with Crippen LogP contribution in [-0.2, 0) is 28.5 Å². The van der Waals surface area contributed by atoms with E-state index in [1.807, 2.05) is 0 Å². The fraction of sp³-hybridized carbons (Fsp3) is 0.966. The fourth-order valence-corrected chi connectivity index (χ4v) is 5.03. The summed E-state index contributed by atoms with van der Waals surface area (Å²) in [5, 5.41) is 62.7. The summed E-state index contributed by atoms with van der Waals surface area (Å²) in [5.74, 6) is -1.13. The van der Waals surface area contributed by atoms with Crippen molar-refractivity contribution < 1.29 is 59.1 Å². The van der Waals surface area contributed by atoms with Crippen LogP contribution >= 0.6 is 0 Å². The summed E-state index contributed by atoms with van der Waals surface area (Å²) in [4.78, 5) is 12.0. The molecule has 2 fully saturated rings. The number of carbonyl (C=O) groups excluding carboxylic acids is 1. The van der Waals surface area contributed by atoms with Gasteiger partial charge < -0.3 is 54.3 Å². The Morgan fingerprint density at radius 3 is 1.83 bits per heavy atom. The lowest BCUT2D eigenvalue weighted by Gasteiger charge is -2.44. The van der Waals surface area contributed by atoms with Gasteiger partial charge in [0.1, 0.15) is 42.7 Å². The molecule has 2 aliphatic rings. The second-order valence-corrected chi connectivity index (χ2v) is 11.6. The summed E-state index contributed by atoms with van der Waals surface area (Å²) in [6, 6.07) is 0. The summed E-state index contributed by atoms with van der Waals surface area (Å²) in [6.45, 7) is 6.47. The SMILES string of the molecule is CCCCCCC(CCCCCC)O[C@H]1O[C@H](CO[C@@H]2O[C@H](CO)[C@@H](OC(=O)C(C)C)[C@H](O)[C@H]2O)[C@@H](O)[C@H](O)[C@H]1O. The standard InChI is InChI=1S/C29H54O12/c1-5-7-9-11-13-18(14-12-10-8-6-2)38-29-24(34)22(32)21(31)20(40-29)16-37-28-25(35)23(33)26(19(15-30)39-28)41-27(36)17(3)4/h17-26,28-35H,5-16H2,1-4H3/t19-,20-,21-,22+,23-,24-,25-,26-,28-,29+/m1/s1. The van der Waals surface area contributed by atoms with Crippen LogP contribution in [0.4, 0.5) is 0 Å². The van der Waals surface area contributed by atoms with Crippen molar-refractivity contribution >= 4 is 5.97 Å². The predicted molar refractivity (Wildman–Crippen MR) is 148 cm³/mol. The second kappa shape index (κ2) is 18.7.